The molecule has 0 unspecified atom stereocenters. The summed E-state index contributed by atoms with van der Waals surface area (Å²) in [6.07, 6.45) is 4.45. The highest BCUT2D eigenvalue weighted by Gasteiger charge is 2.20. The number of nitrogens with zero attached hydrogens (tertiary/aromatic N) is 3. The van der Waals surface area contributed by atoms with Gasteiger partial charge in [0, 0.05) is 18.7 Å². The molecule has 0 bridgehead atoms. The van der Waals surface area contributed by atoms with Crippen molar-refractivity contribution in [1.82, 2.24) is 20.3 Å². The van der Waals surface area contributed by atoms with Gasteiger partial charge in [0.25, 0.3) is 0 Å². The van der Waals surface area contributed by atoms with Crippen molar-refractivity contribution in [3.63, 3.8) is 0 Å². The van der Waals surface area contributed by atoms with Gasteiger partial charge in [-0.3, -0.25) is 0 Å². The molecule has 1 heterocycles. The van der Waals surface area contributed by atoms with Gasteiger partial charge < -0.3 is 10.1 Å². The van der Waals surface area contributed by atoms with E-state index in [1.54, 1.807) is 17.9 Å². The molecular weight excluding hydrogens is 264 g/mol. The second-order valence-corrected chi connectivity index (χ2v) is 5.04. The summed E-state index contributed by atoms with van der Waals surface area (Å²) in [5.74, 6) is 0.632. The molecule has 0 aliphatic heterocycles. The number of ether oxygens (including phenoxy) is 1. The van der Waals surface area contributed by atoms with Crippen LogP contribution in [0.3, 0.4) is 0 Å². The van der Waals surface area contributed by atoms with Crippen LogP contribution in [0, 0.1) is 0 Å². The van der Waals surface area contributed by atoms with Crippen molar-refractivity contribution in [2.24, 2.45) is 0 Å². The highest BCUT2D eigenvalue weighted by atomic mass is 35.5. The summed E-state index contributed by atoms with van der Waals surface area (Å²) in [6, 6.07) is 6.19. The maximum absolute atomic E-state index is 6.00. The van der Waals surface area contributed by atoms with Crippen molar-refractivity contribution in [3.05, 3.63) is 35.1 Å². The molecule has 2 aromatic rings. The zero-order chi connectivity index (χ0) is 13.2. The van der Waals surface area contributed by atoms with Crippen LogP contribution in [-0.4, -0.2) is 28.1 Å². The third kappa shape index (κ3) is 2.88. The molecule has 1 N–H and O–H groups in total. The van der Waals surface area contributed by atoms with Crippen LogP contribution < -0.4 is 10.1 Å². The minimum Gasteiger partial charge on any atom is -0.495 e. The Morgan fingerprint density at radius 3 is 3.05 bits per heavy atom. The average Bonchev–Trinajstić information content (AvgIpc) is 3.14. The van der Waals surface area contributed by atoms with Gasteiger partial charge in [-0.1, -0.05) is 16.8 Å². The zero-order valence-electron chi connectivity index (χ0n) is 10.6. The summed E-state index contributed by atoms with van der Waals surface area (Å²) in [6.45, 7) is 0.759. The standard InChI is InChI=1S/C13H15ClN4O/c1-19-13-6-11(4-5-12(13)14)18-8-10(16-17-18)7-15-9-2-3-9/h4-6,8-9,15H,2-3,7H2,1H3. The van der Waals surface area contributed by atoms with Gasteiger partial charge in [-0.05, 0) is 25.0 Å². The molecule has 1 aliphatic rings. The van der Waals surface area contributed by atoms with Gasteiger partial charge in [-0.15, -0.1) is 5.10 Å². The topological polar surface area (TPSA) is 52.0 Å². The van der Waals surface area contributed by atoms with E-state index in [9.17, 15) is 0 Å². The molecule has 19 heavy (non-hydrogen) atoms. The summed E-state index contributed by atoms with van der Waals surface area (Å²) in [4.78, 5) is 0. The van der Waals surface area contributed by atoms with E-state index >= 15 is 0 Å². The lowest BCUT2D eigenvalue weighted by molar-refractivity contribution is 0.414. The summed E-state index contributed by atoms with van der Waals surface area (Å²) >= 11 is 6.00. The van der Waals surface area contributed by atoms with Crippen LogP contribution in [0.2, 0.25) is 5.02 Å². The van der Waals surface area contributed by atoms with E-state index in [0.717, 1.165) is 17.9 Å². The smallest absolute Gasteiger partial charge is 0.139 e. The second kappa shape index (κ2) is 5.19. The Kier molecular flexibility index (Phi) is 3.40. The van der Waals surface area contributed by atoms with Crippen molar-refractivity contribution in [1.29, 1.82) is 0 Å². The number of nitrogens with one attached hydrogen (secondary N) is 1. The van der Waals surface area contributed by atoms with E-state index in [1.807, 2.05) is 18.3 Å². The molecule has 1 aliphatic carbocycles. The molecule has 0 saturated heterocycles. The van der Waals surface area contributed by atoms with Gasteiger partial charge in [0.05, 0.1) is 29.7 Å². The Labute approximate surface area is 116 Å². The number of halogens is 1. The van der Waals surface area contributed by atoms with Crippen molar-refractivity contribution >= 4 is 11.6 Å². The van der Waals surface area contributed by atoms with Crippen molar-refractivity contribution in [2.45, 2.75) is 25.4 Å². The number of hydrogen-bond donors (Lipinski definition) is 1. The van der Waals surface area contributed by atoms with Gasteiger partial charge in [0.15, 0.2) is 0 Å². The molecule has 1 saturated carbocycles. The Hall–Kier alpha value is -1.59. The van der Waals surface area contributed by atoms with Gasteiger partial charge in [-0.2, -0.15) is 0 Å². The van der Waals surface area contributed by atoms with Crippen molar-refractivity contribution < 1.29 is 4.74 Å². The monoisotopic (exact) mass is 278 g/mol. The van der Waals surface area contributed by atoms with Crippen LogP contribution in [0.1, 0.15) is 18.5 Å². The molecule has 3 rings (SSSR count). The van der Waals surface area contributed by atoms with Crippen LogP contribution in [0.25, 0.3) is 5.69 Å². The third-order valence-electron chi connectivity index (χ3n) is 3.09. The van der Waals surface area contributed by atoms with Crippen molar-refractivity contribution in [3.8, 4) is 11.4 Å². The van der Waals surface area contributed by atoms with Gasteiger partial charge in [-0.25, -0.2) is 4.68 Å². The molecule has 1 aromatic heterocycles. The fourth-order valence-corrected chi connectivity index (χ4v) is 2.03. The molecule has 0 radical (unpaired) electrons. The van der Waals surface area contributed by atoms with E-state index in [1.165, 1.54) is 12.8 Å². The first-order valence-corrected chi connectivity index (χ1v) is 6.62. The largest absolute Gasteiger partial charge is 0.495 e. The Balaban J connectivity index is 1.77. The highest BCUT2D eigenvalue weighted by Crippen LogP contribution is 2.26. The van der Waals surface area contributed by atoms with Crippen molar-refractivity contribution in [2.75, 3.05) is 7.11 Å². The summed E-state index contributed by atoms with van der Waals surface area (Å²) < 4.78 is 6.92. The second-order valence-electron chi connectivity index (χ2n) is 4.63. The van der Waals surface area contributed by atoms with E-state index in [4.69, 9.17) is 16.3 Å². The number of benzene rings is 1. The minimum absolute atomic E-state index is 0.585. The Morgan fingerprint density at radius 2 is 2.32 bits per heavy atom. The van der Waals surface area contributed by atoms with E-state index in [2.05, 4.69) is 15.6 Å². The third-order valence-corrected chi connectivity index (χ3v) is 3.40. The normalized spacial score (nSPS) is 14.6. The molecule has 1 fully saturated rings. The number of hydrogen-bond acceptors (Lipinski definition) is 4. The first-order chi connectivity index (χ1) is 9.26. The van der Waals surface area contributed by atoms with Crippen LogP contribution in [0.15, 0.2) is 24.4 Å². The summed E-state index contributed by atoms with van der Waals surface area (Å²) in [5, 5.41) is 12.3. The number of rotatable bonds is 5. The maximum atomic E-state index is 6.00. The van der Waals surface area contributed by atoms with Crippen LogP contribution in [-0.2, 0) is 6.54 Å². The lowest BCUT2D eigenvalue weighted by Crippen LogP contribution is -2.15. The Morgan fingerprint density at radius 1 is 1.47 bits per heavy atom. The fraction of sp³-hybridized carbons (Fsp3) is 0.385. The maximum Gasteiger partial charge on any atom is 0.139 e. The fourth-order valence-electron chi connectivity index (χ4n) is 1.83. The highest BCUT2D eigenvalue weighted by molar-refractivity contribution is 6.32. The molecule has 1 aromatic carbocycles. The molecule has 5 nitrogen and oxygen atoms in total. The van der Waals surface area contributed by atoms with E-state index in [-0.39, 0.29) is 0 Å². The quantitative estimate of drug-likeness (QED) is 0.911. The molecule has 100 valence electrons. The first kappa shape index (κ1) is 12.4. The van der Waals surface area contributed by atoms with Gasteiger partial charge >= 0.3 is 0 Å². The lowest BCUT2D eigenvalue weighted by Gasteiger charge is -2.05. The molecule has 0 atom stereocenters. The SMILES string of the molecule is COc1cc(-n2cc(CNC3CC3)nn2)ccc1Cl. The molecule has 0 spiro atoms. The lowest BCUT2D eigenvalue weighted by atomic mass is 10.3. The Bertz CT molecular complexity index is 580. The number of methoxy groups -OCH3 is 1. The van der Waals surface area contributed by atoms with Gasteiger partial charge in [0.1, 0.15) is 5.75 Å². The van der Waals surface area contributed by atoms with Crippen LogP contribution in [0.5, 0.6) is 5.75 Å². The van der Waals surface area contributed by atoms with E-state index < -0.39 is 0 Å². The van der Waals surface area contributed by atoms with Gasteiger partial charge in [0.2, 0.25) is 0 Å². The number of aromatic nitrogens is 3. The van der Waals surface area contributed by atoms with Crippen LogP contribution in [0.4, 0.5) is 0 Å². The average molecular weight is 279 g/mol. The summed E-state index contributed by atoms with van der Waals surface area (Å²) in [7, 11) is 1.59. The predicted molar refractivity (Wildman–Crippen MR) is 72.8 cm³/mol. The van der Waals surface area contributed by atoms with Crippen LogP contribution >= 0.6 is 11.6 Å². The minimum atomic E-state index is 0.585. The summed E-state index contributed by atoms with van der Waals surface area (Å²) in [5.41, 5.74) is 1.81. The first-order valence-electron chi connectivity index (χ1n) is 6.25. The molecule has 0 amide bonds. The van der Waals surface area contributed by atoms with E-state index in [0.29, 0.717) is 16.8 Å². The molecule has 6 heteroatoms. The molecular formula is C13H15ClN4O. The zero-order valence-corrected chi connectivity index (χ0v) is 11.4. The predicted octanol–water partition coefficient (Wildman–Crippen LogP) is 2.18.